The molecule has 1 aliphatic rings. The highest BCUT2D eigenvalue weighted by atomic mass is 32.2. The van der Waals surface area contributed by atoms with Gasteiger partial charge in [-0.05, 0) is 61.0 Å². The number of azo groups is 2. The normalized spacial score (nSPS) is 16.9. The van der Waals surface area contributed by atoms with Gasteiger partial charge in [0.25, 0.3) is 10.1 Å². The van der Waals surface area contributed by atoms with Gasteiger partial charge in [0.1, 0.15) is 6.04 Å². The number of hydrogen-bond donors (Lipinski definition) is 1. The molecule has 0 spiro atoms. The lowest BCUT2D eigenvalue weighted by Gasteiger charge is -2.11. The Kier molecular flexibility index (Phi) is 5.85. The number of benzene rings is 3. The molecule has 32 heavy (non-hydrogen) atoms. The Morgan fingerprint density at radius 2 is 1.59 bits per heavy atom. The summed E-state index contributed by atoms with van der Waals surface area (Å²) in [6.07, 6.45) is 4.62. The van der Waals surface area contributed by atoms with Crippen LogP contribution in [0.2, 0.25) is 0 Å². The van der Waals surface area contributed by atoms with Crippen LogP contribution in [0.4, 0.5) is 17.1 Å². The fourth-order valence-electron chi connectivity index (χ4n) is 3.19. The van der Waals surface area contributed by atoms with E-state index in [4.69, 9.17) is 0 Å². The van der Waals surface area contributed by atoms with Gasteiger partial charge in [-0.1, -0.05) is 30.3 Å². The van der Waals surface area contributed by atoms with E-state index in [9.17, 15) is 17.8 Å². The van der Waals surface area contributed by atoms with E-state index in [0.717, 1.165) is 5.57 Å². The molecule has 0 aromatic heterocycles. The Labute approximate surface area is 184 Å². The molecule has 0 bridgehead atoms. The van der Waals surface area contributed by atoms with Crippen molar-refractivity contribution >= 4 is 43.7 Å². The van der Waals surface area contributed by atoms with Crippen LogP contribution in [0.5, 0.6) is 0 Å². The van der Waals surface area contributed by atoms with Crippen molar-refractivity contribution in [3.63, 3.8) is 0 Å². The van der Waals surface area contributed by atoms with Crippen LogP contribution in [-0.2, 0) is 14.9 Å². The summed E-state index contributed by atoms with van der Waals surface area (Å²) in [5, 5.41) is 18.1. The van der Waals surface area contributed by atoms with Gasteiger partial charge in [-0.2, -0.15) is 23.8 Å². The lowest BCUT2D eigenvalue weighted by atomic mass is 10.0. The van der Waals surface area contributed by atoms with Crippen LogP contribution in [0, 0.1) is 0 Å². The Morgan fingerprint density at radius 3 is 2.28 bits per heavy atom. The predicted molar refractivity (Wildman–Crippen MR) is 121 cm³/mol. The van der Waals surface area contributed by atoms with Crippen molar-refractivity contribution in [1.29, 1.82) is 0 Å². The van der Waals surface area contributed by atoms with Gasteiger partial charge in [-0.15, -0.1) is 5.11 Å². The number of hydrogen-bond acceptors (Lipinski definition) is 7. The topological polar surface area (TPSA) is 121 Å². The number of nitrogens with zero attached hydrogens (tertiary/aromatic N) is 4. The molecule has 8 nitrogen and oxygen atoms in total. The number of ketones is 1. The number of fused-ring (bicyclic) bond motifs is 1. The summed E-state index contributed by atoms with van der Waals surface area (Å²) in [5.41, 5.74) is 2.30. The van der Waals surface area contributed by atoms with Crippen molar-refractivity contribution in [2.45, 2.75) is 17.9 Å². The first-order chi connectivity index (χ1) is 15.3. The average molecular weight is 446 g/mol. The number of rotatable bonds is 5. The largest absolute Gasteiger partial charge is 0.294 e. The second-order valence-electron chi connectivity index (χ2n) is 7.13. The zero-order valence-corrected chi connectivity index (χ0v) is 17.8. The van der Waals surface area contributed by atoms with Gasteiger partial charge in [0.15, 0.2) is 5.78 Å². The first-order valence-electron chi connectivity index (χ1n) is 9.63. The van der Waals surface area contributed by atoms with Gasteiger partial charge >= 0.3 is 0 Å². The molecule has 0 radical (unpaired) electrons. The monoisotopic (exact) mass is 446 g/mol. The van der Waals surface area contributed by atoms with Crippen LogP contribution in [0.1, 0.15) is 6.92 Å². The lowest BCUT2D eigenvalue weighted by molar-refractivity contribution is -0.110. The summed E-state index contributed by atoms with van der Waals surface area (Å²) in [6, 6.07) is 16.2. The third kappa shape index (κ3) is 4.74. The summed E-state index contributed by atoms with van der Waals surface area (Å²) >= 11 is 0. The van der Waals surface area contributed by atoms with E-state index in [1.54, 1.807) is 37.3 Å². The summed E-state index contributed by atoms with van der Waals surface area (Å²) < 4.78 is 32.8. The third-order valence-electron chi connectivity index (χ3n) is 4.84. The van der Waals surface area contributed by atoms with Crippen LogP contribution in [0.15, 0.2) is 110 Å². The molecule has 0 fully saturated rings. The smallest absolute Gasteiger partial charge is 0.290 e. The van der Waals surface area contributed by atoms with Crippen LogP contribution < -0.4 is 0 Å². The Morgan fingerprint density at radius 1 is 0.875 bits per heavy atom. The molecule has 0 saturated carbocycles. The molecule has 4 rings (SSSR count). The van der Waals surface area contributed by atoms with Crippen molar-refractivity contribution in [2.75, 3.05) is 0 Å². The summed E-state index contributed by atoms with van der Waals surface area (Å²) in [5.74, 6) is -0.0923. The first kappa shape index (κ1) is 21.4. The second-order valence-corrected chi connectivity index (χ2v) is 8.55. The minimum atomic E-state index is -4.41. The second kappa shape index (κ2) is 8.74. The minimum Gasteiger partial charge on any atom is -0.290 e. The maximum Gasteiger partial charge on any atom is 0.294 e. The van der Waals surface area contributed by atoms with E-state index < -0.39 is 10.1 Å². The van der Waals surface area contributed by atoms with Crippen molar-refractivity contribution in [3.05, 3.63) is 84.5 Å². The molecule has 0 unspecified atom stereocenters. The van der Waals surface area contributed by atoms with Gasteiger partial charge in [0, 0.05) is 10.8 Å². The van der Waals surface area contributed by atoms with Gasteiger partial charge < -0.3 is 0 Å². The van der Waals surface area contributed by atoms with E-state index in [1.807, 2.05) is 18.2 Å². The molecular weight excluding hydrogens is 428 g/mol. The van der Waals surface area contributed by atoms with Gasteiger partial charge in [-0.25, -0.2) is 0 Å². The molecule has 0 amide bonds. The van der Waals surface area contributed by atoms with E-state index in [0.29, 0.717) is 27.8 Å². The summed E-state index contributed by atoms with van der Waals surface area (Å²) in [6.45, 7) is 1.80. The molecular formula is C23H18N4O4S. The third-order valence-corrected chi connectivity index (χ3v) is 5.69. The van der Waals surface area contributed by atoms with Crippen molar-refractivity contribution in [3.8, 4) is 0 Å². The van der Waals surface area contributed by atoms with Crippen LogP contribution in [-0.4, -0.2) is 24.8 Å². The quantitative estimate of drug-likeness (QED) is 0.379. The highest BCUT2D eigenvalue weighted by Gasteiger charge is 2.15. The fraction of sp³-hybridized carbons (Fsp3) is 0.0870. The summed E-state index contributed by atoms with van der Waals surface area (Å²) in [7, 11) is -4.41. The molecule has 0 heterocycles. The number of carbonyl (C=O) groups is 1. The first-order valence-corrected chi connectivity index (χ1v) is 11.1. The molecule has 1 aliphatic carbocycles. The van der Waals surface area contributed by atoms with Crippen molar-refractivity contribution in [2.24, 2.45) is 20.5 Å². The van der Waals surface area contributed by atoms with Crippen LogP contribution in [0.3, 0.4) is 0 Å². The van der Waals surface area contributed by atoms with E-state index in [1.165, 1.54) is 30.4 Å². The number of allylic oxidation sites excluding steroid dienone is 2. The Balaban J connectivity index is 1.79. The average Bonchev–Trinajstić information content (AvgIpc) is 2.77. The van der Waals surface area contributed by atoms with Gasteiger partial charge in [0.2, 0.25) is 0 Å². The highest BCUT2D eigenvalue weighted by molar-refractivity contribution is 7.85. The fourth-order valence-corrected chi connectivity index (χ4v) is 3.69. The van der Waals surface area contributed by atoms with Crippen molar-refractivity contribution in [1.82, 2.24) is 0 Å². The van der Waals surface area contributed by atoms with Crippen LogP contribution >= 0.6 is 0 Å². The molecule has 1 N–H and O–H groups in total. The molecule has 3 aromatic carbocycles. The Bertz CT molecular complexity index is 1430. The van der Waals surface area contributed by atoms with E-state index in [-0.39, 0.29) is 16.7 Å². The van der Waals surface area contributed by atoms with Crippen molar-refractivity contribution < 1.29 is 17.8 Å². The minimum absolute atomic E-state index is 0.0923. The zero-order valence-electron chi connectivity index (χ0n) is 17.0. The molecule has 160 valence electrons. The Hall–Kier alpha value is -3.82. The van der Waals surface area contributed by atoms with Gasteiger partial charge in [-0.3, -0.25) is 9.35 Å². The van der Waals surface area contributed by atoms with E-state index >= 15 is 0 Å². The zero-order chi connectivity index (χ0) is 22.7. The molecule has 1 atom stereocenters. The molecule has 0 aliphatic heterocycles. The molecule has 3 aromatic rings. The van der Waals surface area contributed by atoms with E-state index in [2.05, 4.69) is 20.5 Å². The maximum atomic E-state index is 11.7. The SMILES string of the molecule is CC1=CC(=O)C=C[C@H]1N=Nc1ccc(N=Nc2ccccc2)c2cc(S(=O)(=O)O)ccc12. The predicted octanol–water partition coefficient (Wildman–Crippen LogP) is 6.04. The highest BCUT2D eigenvalue weighted by Crippen LogP contribution is 2.36. The maximum absolute atomic E-state index is 11.7. The van der Waals surface area contributed by atoms with Crippen LogP contribution in [0.25, 0.3) is 10.8 Å². The summed E-state index contributed by atoms with van der Waals surface area (Å²) in [4.78, 5) is 11.2. The molecule has 0 saturated heterocycles. The number of carbonyl (C=O) groups excluding carboxylic acids is 1. The lowest BCUT2D eigenvalue weighted by Crippen LogP contribution is -2.08. The van der Waals surface area contributed by atoms with Gasteiger partial charge in [0.05, 0.1) is 22.0 Å². The standard InChI is InChI=1S/C23H18N4O4S/c1-15-13-17(28)7-10-21(15)25-27-22-11-12-23(26-24-16-5-3-2-4-6-16)20-14-18(32(29,30)31)8-9-19(20)22/h2-14,21H,1H3,(H,29,30,31)/t21-/m1/s1. The molecule has 9 heteroatoms.